The van der Waals surface area contributed by atoms with Crippen LogP contribution in [0.4, 0.5) is 5.69 Å². The molecule has 1 amide bonds. The zero-order valence-corrected chi connectivity index (χ0v) is 9.96. The second-order valence-electron chi connectivity index (χ2n) is 3.83. The molecule has 0 heterocycles. The van der Waals surface area contributed by atoms with Crippen molar-refractivity contribution in [2.45, 2.75) is 0 Å². The Kier molecular flexibility index (Phi) is 3.35. The number of hydrogen-bond donors (Lipinski definition) is 2. The van der Waals surface area contributed by atoms with Crippen molar-refractivity contribution >= 4 is 11.6 Å². The largest absolute Gasteiger partial charge is 0.455 e. The smallest absolute Gasteiger partial charge is 0.252 e. The Labute approximate surface area is 110 Å². The average molecular weight is 253 g/mol. The molecule has 0 saturated carbocycles. The molecule has 19 heavy (non-hydrogen) atoms. The van der Waals surface area contributed by atoms with E-state index in [-0.39, 0.29) is 11.3 Å². The molecule has 0 spiro atoms. The molecule has 0 radical (unpaired) electrons. The van der Waals surface area contributed by atoms with Gasteiger partial charge in [-0.3, -0.25) is 4.79 Å². The van der Waals surface area contributed by atoms with E-state index < -0.39 is 5.91 Å². The summed E-state index contributed by atoms with van der Waals surface area (Å²) in [5.41, 5.74) is 11.8. The van der Waals surface area contributed by atoms with Crippen molar-refractivity contribution in [3.8, 4) is 17.6 Å². The fourth-order valence-electron chi connectivity index (χ4n) is 1.60. The topological polar surface area (TPSA) is 102 Å². The maximum atomic E-state index is 11.3. The zero-order valence-electron chi connectivity index (χ0n) is 9.96. The summed E-state index contributed by atoms with van der Waals surface area (Å²) < 4.78 is 5.57. The van der Waals surface area contributed by atoms with Crippen LogP contribution in [0.2, 0.25) is 0 Å². The molecule has 0 fully saturated rings. The quantitative estimate of drug-likeness (QED) is 0.817. The Hall–Kier alpha value is -3.00. The molecular formula is C14H11N3O2. The van der Waals surface area contributed by atoms with Crippen molar-refractivity contribution in [3.05, 3.63) is 53.6 Å². The Bertz CT molecular complexity index is 675. The summed E-state index contributed by atoms with van der Waals surface area (Å²) in [5.74, 6) is -0.0154. The molecular weight excluding hydrogens is 242 g/mol. The van der Waals surface area contributed by atoms with Crippen molar-refractivity contribution in [2.24, 2.45) is 5.73 Å². The van der Waals surface area contributed by atoms with E-state index in [9.17, 15) is 4.79 Å². The standard InChI is InChI=1S/C14H11N3O2/c15-8-9-3-1-2-4-12(9)19-13-6-5-10(16)7-11(13)14(17)18/h1-7H,16H2,(H2,17,18). The average Bonchev–Trinajstić information content (AvgIpc) is 2.41. The van der Waals surface area contributed by atoms with Gasteiger partial charge in [-0.25, -0.2) is 0 Å². The van der Waals surface area contributed by atoms with Crippen LogP contribution in [-0.4, -0.2) is 5.91 Å². The molecule has 5 nitrogen and oxygen atoms in total. The summed E-state index contributed by atoms with van der Waals surface area (Å²) in [6.07, 6.45) is 0. The number of carbonyl (C=O) groups is 1. The van der Waals surface area contributed by atoms with Crippen molar-refractivity contribution in [3.63, 3.8) is 0 Å². The van der Waals surface area contributed by atoms with Crippen LogP contribution in [0, 0.1) is 11.3 Å². The Morgan fingerprint density at radius 2 is 1.89 bits per heavy atom. The van der Waals surface area contributed by atoms with Gasteiger partial charge >= 0.3 is 0 Å². The highest BCUT2D eigenvalue weighted by molar-refractivity contribution is 5.96. The third kappa shape index (κ3) is 2.64. The monoisotopic (exact) mass is 253 g/mol. The summed E-state index contributed by atoms with van der Waals surface area (Å²) in [5, 5.41) is 8.98. The number of nitriles is 1. The molecule has 0 aliphatic carbocycles. The van der Waals surface area contributed by atoms with Crippen molar-refractivity contribution in [1.29, 1.82) is 5.26 Å². The molecule has 4 N–H and O–H groups in total. The number of amides is 1. The van der Waals surface area contributed by atoms with Gasteiger partial charge in [0.15, 0.2) is 0 Å². The lowest BCUT2D eigenvalue weighted by molar-refractivity contribution is 0.0998. The number of benzene rings is 2. The highest BCUT2D eigenvalue weighted by atomic mass is 16.5. The first-order valence-electron chi connectivity index (χ1n) is 5.48. The van der Waals surface area contributed by atoms with Gasteiger partial charge in [0.05, 0.1) is 11.1 Å². The lowest BCUT2D eigenvalue weighted by atomic mass is 10.1. The third-order valence-electron chi connectivity index (χ3n) is 2.50. The van der Waals surface area contributed by atoms with Crippen molar-refractivity contribution in [2.75, 3.05) is 5.73 Å². The summed E-state index contributed by atoms with van der Waals surface area (Å²) in [6.45, 7) is 0. The minimum absolute atomic E-state index is 0.174. The molecule has 0 atom stereocenters. The van der Waals surface area contributed by atoms with Gasteiger partial charge in [0.25, 0.3) is 5.91 Å². The van der Waals surface area contributed by atoms with Gasteiger partial charge < -0.3 is 16.2 Å². The van der Waals surface area contributed by atoms with Crippen LogP contribution < -0.4 is 16.2 Å². The van der Waals surface area contributed by atoms with E-state index in [1.807, 2.05) is 6.07 Å². The van der Waals surface area contributed by atoms with E-state index in [0.717, 1.165) is 0 Å². The normalized spacial score (nSPS) is 9.63. The summed E-state index contributed by atoms with van der Waals surface area (Å²) in [4.78, 5) is 11.3. The van der Waals surface area contributed by atoms with E-state index in [2.05, 4.69) is 0 Å². The summed E-state index contributed by atoms with van der Waals surface area (Å²) in [7, 11) is 0. The van der Waals surface area contributed by atoms with Crippen LogP contribution in [0.25, 0.3) is 0 Å². The van der Waals surface area contributed by atoms with Crippen LogP contribution >= 0.6 is 0 Å². The molecule has 0 aliphatic heterocycles. The van der Waals surface area contributed by atoms with Gasteiger partial charge in [-0.1, -0.05) is 12.1 Å². The highest BCUT2D eigenvalue weighted by Crippen LogP contribution is 2.28. The number of nitrogen functional groups attached to an aromatic ring is 1. The second-order valence-corrected chi connectivity index (χ2v) is 3.83. The third-order valence-corrected chi connectivity index (χ3v) is 2.50. The van der Waals surface area contributed by atoms with E-state index in [0.29, 0.717) is 17.0 Å². The van der Waals surface area contributed by atoms with Gasteiger partial charge in [0, 0.05) is 5.69 Å². The number of nitrogens with zero attached hydrogens (tertiary/aromatic N) is 1. The van der Waals surface area contributed by atoms with Crippen LogP contribution in [0.1, 0.15) is 15.9 Å². The fourth-order valence-corrected chi connectivity index (χ4v) is 1.60. The number of nitrogens with two attached hydrogens (primary N) is 2. The highest BCUT2D eigenvalue weighted by Gasteiger charge is 2.12. The maximum absolute atomic E-state index is 11.3. The van der Waals surface area contributed by atoms with Gasteiger partial charge in [-0.2, -0.15) is 5.26 Å². The number of para-hydroxylation sites is 1. The van der Waals surface area contributed by atoms with Gasteiger partial charge in [0.1, 0.15) is 17.6 Å². The first kappa shape index (κ1) is 12.5. The maximum Gasteiger partial charge on any atom is 0.252 e. The first-order valence-corrected chi connectivity index (χ1v) is 5.48. The molecule has 0 bridgehead atoms. The Balaban J connectivity index is 2.44. The molecule has 94 valence electrons. The molecule has 2 aromatic carbocycles. The Morgan fingerprint density at radius 1 is 1.16 bits per heavy atom. The van der Waals surface area contributed by atoms with Gasteiger partial charge in [0.2, 0.25) is 0 Å². The second kappa shape index (κ2) is 5.10. The predicted octanol–water partition coefficient (Wildman–Crippen LogP) is 2.03. The van der Waals surface area contributed by atoms with Crippen molar-refractivity contribution in [1.82, 2.24) is 0 Å². The Morgan fingerprint density at radius 3 is 2.58 bits per heavy atom. The number of hydrogen-bond acceptors (Lipinski definition) is 4. The van der Waals surface area contributed by atoms with Gasteiger partial charge in [-0.15, -0.1) is 0 Å². The van der Waals surface area contributed by atoms with E-state index in [1.54, 1.807) is 36.4 Å². The van der Waals surface area contributed by atoms with E-state index >= 15 is 0 Å². The lowest BCUT2D eigenvalue weighted by Crippen LogP contribution is -2.12. The fraction of sp³-hybridized carbons (Fsp3) is 0. The molecule has 2 rings (SSSR count). The van der Waals surface area contributed by atoms with E-state index in [4.69, 9.17) is 21.5 Å². The minimum Gasteiger partial charge on any atom is -0.455 e. The predicted molar refractivity (Wildman–Crippen MR) is 70.6 cm³/mol. The molecule has 5 heteroatoms. The number of rotatable bonds is 3. The summed E-state index contributed by atoms with van der Waals surface area (Å²) in [6, 6.07) is 13.3. The molecule has 0 saturated heterocycles. The first-order chi connectivity index (χ1) is 9.11. The van der Waals surface area contributed by atoms with Gasteiger partial charge in [-0.05, 0) is 30.3 Å². The van der Waals surface area contributed by atoms with Crippen LogP contribution in [0.15, 0.2) is 42.5 Å². The SMILES string of the molecule is N#Cc1ccccc1Oc1ccc(N)cc1C(N)=O. The summed E-state index contributed by atoms with van der Waals surface area (Å²) >= 11 is 0. The molecule has 2 aromatic rings. The number of anilines is 1. The zero-order chi connectivity index (χ0) is 13.8. The lowest BCUT2D eigenvalue weighted by Gasteiger charge is -2.10. The number of ether oxygens (including phenoxy) is 1. The molecule has 0 unspecified atom stereocenters. The molecule has 0 aromatic heterocycles. The van der Waals surface area contributed by atoms with E-state index in [1.165, 1.54) is 6.07 Å². The van der Waals surface area contributed by atoms with Crippen LogP contribution in [0.5, 0.6) is 11.5 Å². The minimum atomic E-state index is -0.642. The van der Waals surface area contributed by atoms with Crippen LogP contribution in [-0.2, 0) is 0 Å². The van der Waals surface area contributed by atoms with Crippen molar-refractivity contribution < 1.29 is 9.53 Å². The molecule has 0 aliphatic rings. The number of carbonyl (C=O) groups excluding carboxylic acids is 1. The number of primary amides is 1. The van der Waals surface area contributed by atoms with Crippen LogP contribution in [0.3, 0.4) is 0 Å².